The van der Waals surface area contributed by atoms with Crippen LogP contribution in [-0.4, -0.2) is 22.2 Å². The van der Waals surface area contributed by atoms with Crippen molar-refractivity contribution in [1.29, 1.82) is 0 Å². The van der Waals surface area contributed by atoms with Gasteiger partial charge in [0.25, 0.3) is 5.91 Å². The van der Waals surface area contributed by atoms with Crippen LogP contribution in [0, 0.1) is 0 Å². The number of rotatable bonds is 4. The first-order chi connectivity index (χ1) is 14.7. The number of aromatic nitrogens is 1. The van der Waals surface area contributed by atoms with Gasteiger partial charge in [-0.3, -0.25) is 4.79 Å². The highest BCUT2D eigenvalue weighted by Gasteiger charge is 2.35. The Balaban J connectivity index is 1.82. The van der Waals surface area contributed by atoms with E-state index in [2.05, 4.69) is 59.3 Å². The van der Waals surface area contributed by atoms with Gasteiger partial charge in [0.1, 0.15) is 0 Å². The Kier molecular flexibility index (Phi) is 3.81. The summed E-state index contributed by atoms with van der Waals surface area (Å²) in [6, 6.07) is 15.2. The number of nitrogens with one attached hydrogen (secondary N) is 1. The van der Waals surface area contributed by atoms with Gasteiger partial charge >= 0.3 is 0 Å². The molecule has 0 bridgehead atoms. The van der Waals surface area contributed by atoms with Crippen LogP contribution in [-0.2, 0) is 25.9 Å². The van der Waals surface area contributed by atoms with E-state index < -0.39 is 0 Å². The van der Waals surface area contributed by atoms with E-state index in [4.69, 9.17) is 0 Å². The molecule has 0 saturated heterocycles. The van der Waals surface area contributed by atoms with Crippen molar-refractivity contribution < 1.29 is 9.90 Å². The molecule has 0 unspecified atom stereocenters. The molecule has 1 aliphatic carbocycles. The Hall–Kier alpha value is -3.11. The van der Waals surface area contributed by atoms with E-state index in [0.717, 1.165) is 36.1 Å². The van der Waals surface area contributed by atoms with Gasteiger partial charge in [-0.1, -0.05) is 37.3 Å². The number of amides is 1. The number of aliphatic hydroxyl groups excluding tert-OH is 1. The first kappa shape index (κ1) is 17.7. The summed E-state index contributed by atoms with van der Waals surface area (Å²) < 4.78 is 2.38. The Labute approximate surface area is 175 Å². The largest absolute Gasteiger partial charge is 0.396 e. The molecule has 2 aliphatic rings. The van der Waals surface area contributed by atoms with Gasteiger partial charge in [-0.2, -0.15) is 0 Å². The van der Waals surface area contributed by atoms with E-state index in [0.29, 0.717) is 13.0 Å². The second kappa shape index (κ2) is 6.44. The van der Waals surface area contributed by atoms with Gasteiger partial charge in [0.15, 0.2) is 0 Å². The Morgan fingerprint density at radius 3 is 2.80 bits per heavy atom. The van der Waals surface area contributed by atoms with Crippen LogP contribution in [0.1, 0.15) is 46.0 Å². The zero-order chi connectivity index (χ0) is 20.4. The third-order valence-corrected chi connectivity index (χ3v) is 6.82. The van der Waals surface area contributed by atoms with Crippen molar-refractivity contribution in [3.05, 3.63) is 70.3 Å². The standard InChI is InChI=1S/C26H24N2O2/c1-2-15-8-9-21-18(12-15)23-20-14-27-26(30)24(20)22-17-7-4-3-6-16(17)13-19(22)25(23)28(21)10-5-11-29/h3-4,6-9,12,29H,2,5,10-11,13-14H2,1H3,(H,27,30). The lowest BCUT2D eigenvalue weighted by Gasteiger charge is -2.13. The molecule has 0 saturated carbocycles. The molecule has 3 aromatic carbocycles. The van der Waals surface area contributed by atoms with Crippen molar-refractivity contribution in [3.63, 3.8) is 0 Å². The smallest absolute Gasteiger partial charge is 0.252 e. The summed E-state index contributed by atoms with van der Waals surface area (Å²) in [5.74, 6) is 0.0442. The summed E-state index contributed by atoms with van der Waals surface area (Å²) in [5.41, 5.74) is 10.6. The van der Waals surface area contributed by atoms with Crippen molar-refractivity contribution in [3.8, 4) is 11.1 Å². The minimum Gasteiger partial charge on any atom is -0.396 e. The van der Waals surface area contributed by atoms with Crippen LogP contribution in [0.3, 0.4) is 0 Å². The summed E-state index contributed by atoms with van der Waals surface area (Å²) in [7, 11) is 0. The maximum Gasteiger partial charge on any atom is 0.252 e. The minimum absolute atomic E-state index is 0.0442. The topological polar surface area (TPSA) is 54.3 Å². The summed E-state index contributed by atoms with van der Waals surface area (Å²) in [6.45, 7) is 3.69. The number of aryl methyl sites for hydroxylation is 2. The predicted octanol–water partition coefficient (Wildman–Crippen LogP) is 4.55. The maximum absolute atomic E-state index is 13.0. The van der Waals surface area contributed by atoms with E-state index in [1.54, 1.807) is 0 Å². The Bertz CT molecular complexity index is 1360. The van der Waals surface area contributed by atoms with Gasteiger partial charge in [-0.15, -0.1) is 0 Å². The average molecular weight is 396 g/mol. The summed E-state index contributed by atoms with van der Waals surface area (Å²) in [5, 5.41) is 15.1. The molecule has 6 rings (SSSR count). The molecule has 1 aliphatic heterocycles. The molecule has 4 heteroatoms. The molecule has 30 heavy (non-hydrogen) atoms. The van der Waals surface area contributed by atoms with Crippen LogP contribution >= 0.6 is 0 Å². The average Bonchev–Trinajstić information content (AvgIpc) is 3.43. The molecule has 4 nitrogen and oxygen atoms in total. The van der Waals surface area contributed by atoms with Gasteiger partial charge < -0.3 is 15.0 Å². The summed E-state index contributed by atoms with van der Waals surface area (Å²) in [4.78, 5) is 13.0. The van der Waals surface area contributed by atoms with E-state index in [9.17, 15) is 9.90 Å². The third kappa shape index (κ3) is 2.23. The highest BCUT2D eigenvalue weighted by molar-refractivity contribution is 6.20. The lowest BCUT2D eigenvalue weighted by atomic mass is 9.92. The van der Waals surface area contributed by atoms with Gasteiger partial charge in [0.2, 0.25) is 0 Å². The fraction of sp³-hybridized carbons (Fsp3) is 0.269. The number of nitrogens with zero attached hydrogens (tertiary/aromatic N) is 1. The molecule has 2 N–H and O–H groups in total. The molecule has 0 fully saturated rings. The van der Waals surface area contributed by atoms with Crippen LogP contribution in [0.4, 0.5) is 0 Å². The van der Waals surface area contributed by atoms with E-state index in [1.807, 2.05) is 0 Å². The molecule has 0 radical (unpaired) electrons. The predicted molar refractivity (Wildman–Crippen MR) is 120 cm³/mol. The first-order valence-corrected chi connectivity index (χ1v) is 10.8. The van der Waals surface area contributed by atoms with Gasteiger partial charge in [0.05, 0.1) is 11.1 Å². The van der Waals surface area contributed by atoms with E-state index >= 15 is 0 Å². The van der Waals surface area contributed by atoms with Crippen LogP contribution in [0.5, 0.6) is 0 Å². The van der Waals surface area contributed by atoms with E-state index in [-0.39, 0.29) is 12.5 Å². The van der Waals surface area contributed by atoms with Gasteiger partial charge in [-0.25, -0.2) is 0 Å². The monoisotopic (exact) mass is 396 g/mol. The number of hydrogen-bond acceptors (Lipinski definition) is 2. The van der Waals surface area contributed by atoms with Crippen molar-refractivity contribution >= 4 is 27.7 Å². The van der Waals surface area contributed by atoms with Crippen molar-refractivity contribution in [2.45, 2.75) is 39.3 Å². The van der Waals surface area contributed by atoms with Crippen molar-refractivity contribution in [2.75, 3.05) is 6.61 Å². The normalized spacial score (nSPS) is 14.3. The third-order valence-electron chi connectivity index (χ3n) is 6.82. The SMILES string of the molecule is CCc1ccc2c(c1)c1c3c(c4c(c1n2CCCO)Cc1ccccc1-4)C(=O)NC3. The lowest BCUT2D eigenvalue weighted by Crippen LogP contribution is -2.13. The molecule has 150 valence electrons. The quantitative estimate of drug-likeness (QED) is 0.468. The number of carbonyl (C=O) groups is 1. The summed E-state index contributed by atoms with van der Waals surface area (Å²) in [6.07, 6.45) is 2.54. The molecule has 0 spiro atoms. The van der Waals surface area contributed by atoms with Crippen LogP contribution < -0.4 is 5.32 Å². The molecule has 1 aromatic heterocycles. The van der Waals surface area contributed by atoms with Gasteiger partial charge in [-0.05, 0) is 52.8 Å². The number of benzene rings is 3. The molecule has 2 heterocycles. The minimum atomic E-state index is 0.0442. The molecule has 1 amide bonds. The summed E-state index contributed by atoms with van der Waals surface area (Å²) >= 11 is 0. The number of aliphatic hydroxyl groups is 1. The second-order valence-electron chi connectivity index (χ2n) is 8.38. The Morgan fingerprint density at radius 1 is 1.10 bits per heavy atom. The highest BCUT2D eigenvalue weighted by Crippen LogP contribution is 2.48. The first-order valence-electron chi connectivity index (χ1n) is 10.8. The zero-order valence-corrected chi connectivity index (χ0v) is 17.1. The second-order valence-corrected chi connectivity index (χ2v) is 8.38. The maximum atomic E-state index is 13.0. The fourth-order valence-electron chi connectivity index (χ4n) is 5.51. The number of fused-ring (bicyclic) bond motifs is 10. The Morgan fingerprint density at radius 2 is 1.97 bits per heavy atom. The van der Waals surface area contributed by atoms with Crippen LogP contribution in [0.15, 0.2) is 42.5 Å². The number of carbonyl (C=O) groups excluding carboxylic acids is 1. The van der Waals surface area contributed by atoms with E-state index in [1.165, 1.54) is 44.1 Å². The highest BCUT2D eigenvalue weighted by atomic mass is 16.3. The lowest BCUT2D eigenvalue weighted by molar-refractivity contribution is 0.0966. The number of hydrogen-bond donors (Lipinski definition) is 2. The molecule has 4 aromatic rings. The molecule has 0 atom stereocenters. The van der Waals surface area contributed by atoms with Crippen molar-refractivity contribution in [2.24, 2.45) is 0 Å². The fourth-order valence-corrected chi connectivity index (χ4v) is 5.51. The zero-order valence-electron chi connectivity index (χ0n) is 17.1. The molecular weight excluding hydrogens is 372 g/mol. The van der Waals surface area contributed by atoms with Gasteiger partial charge in [0, 0.05) is 48.0 Å². The van der Waals surface area contributed by atoms with Crippen molar-refractivity contribution in [1.82, 2.24) is 9.88 Å². The molecular formula is C26H24N2O2. The van der Waals surface area contributed by atoms with Crippen LogP contribution in [0.25, 0.3) is 32.9 Å². The van der Waals surface area contributed by atoms with Crippen LogP contribution in [0.2, 0.25) is 0 Å².